The summed E-state index contributed by atoms with van der Waals surface area (Å²) in [6.45, 7) is 5.61. The van der Waals surface area contributed by atoms with E-state index >= 15 is 0 Å². The standard InChI is InChI=1S/C13H18N2O5/c1-4-14(8-13(16)17)10-5-11(15(18)19)7-12(6-10)20-9(2)3/h5-7,9H,4,8H2,1-3H3,(H,16,17). The minimum Gasteiger partial charge on any atom is -0.491 e. The average molecular weight is 282 g/mol. The van der Waals surface area contributed by atoms with Crippen molar-refractivity contribution in [2.45, 2.75) is 26.9 Å². The van der Waals surface area contributed by atoms with E-state index in [1.165, 1.54) is 17.0 Å². The number of benzene rings is 1. The molecular weight excluding hydrogens is 264 g/mol. The predicted octanol–water partition coefficient (Wildman–Crippen LogP) is 2.29. The first kappa shape index (κ1) is 15.7. The lowest BCUT2D eigenvalue weighted by molar-refractivity contribution is -0.384. The van der Waals surface area contributed by atoms with Crippen LogP contribution < -0.4 is 9.64 Å². The van der Waals surface area contributed by atoms with Gasteiger partial charge in [0.05, 0.1) is 17.1 Å². The van der Waals surface area contributed by atoms with Gasteiger partial charge in [0.25, 0.3) is 5.69 Å². The molecule has 7 heteroatoms. The molecule has 1 aromatic carbocycles. The smallest absolute Gasteiger partial charge is 0.323 e. The van der Waals surface area contributed by atoms with Crippen LogP contribution in [0.3, 0.4) is 0 Å². The van der Waals surface area contributed by atoms with Gasteiger partial charge in [-0.2, -0.15) is 0 Å². The Morgan fingerprint density at radius 2 is 2.10 bits per heavy atom. The van der Waals surface area contributed by atoms with E-state index in [9.17, 15) is 14.9 Å². The van der Waals surface area contributed by atoms with Gasteiger partial charge in [-0.3, -0.25) is 14.9 Å². The van der Waals surface area contributed by atoms with Crippen LogP contribution in [0.2, 0.25) is 0 Å². The van der Waals surface area contributed by atoms with Crippen molar-refractivity contribution in [1.82, 2.24) is 0 Å². The molecule has 1 rings (SSSR count). The fraction of sp³-hybridized carbons (Fsp3) is 0.462. The van der Waals surface area contributed by atoms with E-state index < -0.39 is 10.9 Å². The van der Waals surface area contributed by atoms with E-state index in [1.54, 1.807) is 13.0 Å². The molecule has 0 heterocycles. The van der Waals surface area contributed by atoms with E-state index in [4.69, 9.17) is 9.84 Å². The molecule has 0 bridgehead atoms. The number of nitro benzene ring substituents is 1. The van der Waals surface area contributed by atoms with Gasteiger partial charge >= 0.3 is 5.97 Å². The Balaban J connectivity index is 3.18. The van der Waals surface area contributed by atoms with Gasteiger partial charge in [-0.15, -0.1) is 0 Å². The number of aliphatic carboxylic acids is 1. The third-order valence-electron chi connectivity index (χ3n) is 2.53. The molecule has 7 nitrogen and oxygen atoms in total. The van der Waals surface area contributed by atoms with Crippen LogP contribution in [0, 0.1) is 10.1 Å². The number of anilines is 1. The van der Waals surface area contributed by atoms with Gasteiger partial charge < -0.3 is 14.7 Å². The number of ether oxygens (including phenoxy) is 1. The van der Waals surface area contributed by atoms with E-state index in [1.807, 2.05) is 13.8 Å². The first-order valence-corrected chi connectivity index (χ1v) is 6.26. The van der Waals surface area contributed by atoms with Gasteiger partial charge in [-0.1, -0.05) is 0 Å². The Morgan fingerprint density at radius 1 is 1.45 bits per heavy atom. The fourth-order valence-electron chi connectivity index (χ4n) is 1.75. The second kappa shape index (κ2) is 6.74. The van der Waals surface area contributed by atoms with E-state index in [0.29, 0.717) is 18.0 Å². The molecule has 0 spiro atoms. The zero-order valence-electron chi connectivity index (χ0n) is 11.7. The van der Waals surface area contributed by atoms with Crippen molar-refractivity contribution >= 4 is 17.3 Å². The van der Waals surface area contributed by atoms with Crippen molar-refractivity contribution in [3.63, 3.8) is 0 Å². The number of carboxylic acid groups (broad SMARTS) is 1. The van der Waals surface area contributed by atoms with E-state index in [2.05, 4.69) is 0 Å². The number of likely N-dealkylation sites (N-methyl/N-ethyl adjacent to an activating group) is 1. The largest absolute Gasteiger partial charge is 0.491 e. The van der Waals surface area contributed by atoms with Gasteiger partial charge in [0.15, 0.2) is 0 Å². The highest BCUT2D eigenvalue weighted by Gasteiger charge is 2.16. The summed E-state index contributed by atoms with van der Waals surface area (Å²) < 4.78 is 5.47. The van der Waals surface area contributed by atoms with Crippen LogP contribution >= 0.6 is 0 Å². The molecule has 110 valence electrons. The number of hydrogen-bond acceptors (Lipinski definition) is 5. The highest BCUT2D eigenvalue weighted by atomic mass is 16.6. The quantitative estimate of drug-likeness (QED) is 0.609. The van der Waals surface area contributed by atoms with E-state index in [0.717, 1.165) is 0 Å². The van der Waals surface area contributed by atoms with Crippen molar-refractivity contribution < 1.29 is 19.6 Å². The number of non-ortho nitro benzene ring substituents is 1. The summed E-state index contributed by atoms with van der Waals surface area (Å²) in [4.78, 5) is 22.8. The molecule has 0 aromatic heterocycles. The van der Waals surface area contributed by atoms with Gasteiger partial charge in [0, 0.05) is 24.4 Å². The minimum absolute atomic E-state index is 0.123. The average Bonchev–Trinajstić information content (AvgIpc) is 2.34. The third-order valence-corrected chi connectivity index (χ3v) is 2.53. The minimum atomic E-state index is -0.996. The molecule has 0 aliphatic carbocycles. The molecule has 1 aromatic rings. The maximum Gasteiger partial charge on any atom is 0.323 e. The molecule has 0 fully saturated rings. The Hall–Kier alpha value is -2.31. The zero-order valence-corrected chi connectivity index (χ0v) is 11.7. The van der Waals surface area contributed by atoms with Crippen molar-refractivity contribution in [2.75, 3.05) is 18.0 Å². The summed E-state index contributed by atoms with van der Waals surface area (Å²) >= 11 is 0. The lowest BCUT2D eigenvalue weighted by atomic mass is 10.2. The topological polar surface area (TPSA) is 92.9 Å². The number of carbonyl (C=O) groups is 1. The molecule has 0 saturated heterocycles. The predicted molar refractivity (Wildman–Crippen MR) is 74.4 cm³/mol. The monoisotopic (exact) mass is 282 g/mol. The van der Waals surface area contributed by atoms with Crippen LogP contribution in [0.15, 0.2) is 18.2 Å². The van der Waals surface area contributed by atoms with Crippen LogP contribution in [0.1, 0.15) is 20.8 Å². The molecule has 0 radical (unpaired) electrons. The van der Waals surface area contributed by atoms with Crippen LogP contribution in [0.4, 0.5) is 11.4 Å². The summed E-state index contributed by atoms with van der Waals surface area (Å²) in [5.74, 6) is -0.641. The third kappa shape index (κ3) is 4.42. The molecule has 0 aliphatic heterocycles. The molecule has 0 saturated carbocycles. The zero-order chi connectivity index (χ0) is 15.3. The molecule has 0 aliphatic rings. The first-order valence-electron chi connectivity index (χ1n) is 6.26. The molecule has 1 N–H and O–H groups in total. The second-order valence-corrected chi connectivity index (χ2v) is 4.52. The molecule has 0 unspecified atom stereocenters. The van der Waals surface area contributed by atoms with Gasteiger partial charge in [0.1, 0.15) is 12.3 Å². The fourth-order valence-corrected chi connectivity index (χ4v) is 1.75. The summed E-state index contributed by atoms with van der Waals surface area (Å²) in [5, 5.41) is 19.8. The van der Waals surface area contributed by atoms with Crippen LogP contribution in [0.25, 0.3) is 0 Å². The number of hydrogen-bond donors (Lipinski definition) is 1. The summed E-state index contributed by atoms with van der Waals surface area (Å²) in [6, 6.07) is 4.29. The molecule has 20 heavy (non-hydrogen) atoms. The number of rotatable bonds is 7. The maximum atomic E-state index is 10.9. The highest BCUT2D eigenvalue weighted by Crippen LogP contribution is 2.29. The SMILES string of the molecule is CCN(CC(=O)O)c1cc(OC(C)C)cc([N+](=O)[O-])c1. The van der Waals surface area contributed by atoms with Crippen LogP contribution in [-0.2, 0) is 4.79 Å². The van der Waals surface area contributed by atoms with E-state index in [-0.39, 0.29) is 18.3 Å². The lowest BCUT2D eigenvalue weighted by Crippen LogP contribution is -2.29. The van der Waals surface area contributed by atoms with Gasteiger partial charge in [0.2, 0.25) is 0 Å². The number of nitrogens with zero attached hydrogens (tertiary/aromatic N) is 2. The van der Waals surface area contributed by atoms with Crippen molar-refractivity contribution in [3.05, 3.63) is 28.3 Å². The van der Waals surface area contributed by atoms with Crippen molar-refractivity contribution in [1.29, 1.82) is 0 Å². The molecular formula is C13H18N2O5. The van der Waals surface area contributed by atoms with Crippen LogP contribution in [-0.4, -0.2) is 35.2 Å². The van der Waals surface area contributed by atoms with Gasteiger partial charge in [-0.05, 0) is 20.8 Å². The maximum absolute atomic E-state index is 10.9. The van der Waals surface area contributed by atoms with Crippen LogP contribution in [0.5, 0.6) is 5.75 Å². The highest BCUT2D eigenvalue weighted by molar-refractivity contribution is 5.74. The lowest BCUT2D eigenvalue weighted by Gasteiger charge is -2.21. The normalized spacial score (nSPS) is 10.4. The summed E-state index contributed by atoms with van der Waals surface area (Å²) in [5.41, 5.74) is 0.335. The Bertz CT molecular complexity index is 502. The Labute approximate surface area is 116 Å². The number of nitro groups is 1. The Morgan fingerprint density at radius 3 is 2.55 bits per heavy atom. The second-order valence-electron chi connectivity index (χ2n) is 4.52. The van der Waals surface area contributed by atoms with Crippen molar-refractivity contribution in [2.24, 2.45) is 0 Å². The van der Waals surface area contributed by atoms with Gasteiger partial charge in [-0.25, -0.2) is 0 Å². The molecule has 0 amide bonds. The molecule has 0 atom stereocenters. The summed E-state index contributed by atoms with van der Waals surface area (Å²) in [6.07, 6.45) is -0.126. The van der Waals surface area contributed by atoms with Crippen molar-refractivity contribution in [3.8, 4) is 5.75 Å². The number of carboxylic acids is 1. The summed E-state index contributed by atoms with van der Waals surface area (Å²) in [7, 11) is 0. The Kier molecular flexibility index (Phi) is 5.31. The first-order chi connectivity index (χ1) is 9.33.